The van der Waals surface area contributed by atoms with E-state index in [4.69, 9.17) is 0 Å². The van der Waals surface area contributed by atoms with E-state index in [1.807, 2.05) is 19.9 Å². The summed E-state index contributed by atoms with van der Waals surface area (Å²) >= 11 is 0. The van der Waals surface area contributed by atoms with Gasteiger partial charge in [-0.3, -0.25) is 9.59 Å². The Morgan fingerprint density at radius 3 is 2.62 bits per heavy atom. The highest BCUT2D eigenvalue weighted by Crippen LogP contribution is 2.25. The normalized spacial score (nSPS) is 15.6. The van der Waals surface area contributed by atoms with Gasteiger partial charge >= 0.3 is 0 Å². The second-order valence-corrected chi connectivity index (χ2v) is 4.14. The molecule has 1 N–H and O–H groups in total. The first-order valence-corrected chi connectivity index (χ1v) is 5.16. The molecule has 0 aliphatic carbocycles. The Hall–Kier alpha value is -1.84. The summed E-state index contributed by atoms with van der Waals surface area (Å²) in [5.74, 6) is -0.257. The van der Waals surface area contributed by atoms with E-state index in [9.17, 15) is 9.59 Å². The van der Waals surface area contributed by atoms with Gasteiger partial charge in [-0.25, -0.2) is 0 Å². The summed E-state index contributed by atoms with van der Waals surface area (Å²) in [5, 5.41) is 2.75. The lowest BCUT2D eigenvalue weighted by Gasteiger charge is -2.15. The van der Waals surface area contributed by atoms with Gasteiger partial charge in [-0.05, 0) is 31.0 Å². The van der Waals surface area contributed by atoms with Crippen molar-refractivity contribution >= 4 is 17.5 Å². The van der Waals surface area contributed by atoms with E-state index in [1.165, 1.54) is 4.90 Å². The van der Waals surface area contributed by atoms with Gasteiger partial charge in [0.25, 0.3) is 5.91 Å². The van der Waals surface area contributed by atoms with Gasteiger partial charge in [0.05, 0.1) is 17.8 Å². The quantitative estimate of drug-likeness (QED) is 0.714. The lowest BCUT2D eigenvalue weighted by Crippen LogP contribution is -2.31. The molecular formula is C12H14N2O2. The highest BCUT2D eigenvalue weighted by atomic mass is 16.2. The van der Waals surface area contributed by atoms with Crippen LogP contribution in [0.5, 0.6) is 0 Å². The molecule has 4 heteroatoms. The minimum Gasteiger partial charge on any atom is -0.332 e. The van der Waals surface area contributed by atoms with Crippen LogP contribution in [0.4, 0.5) is 5.69 Å². The molecule has 0 bridgehead atoms. The standard InChI is InChI=1S/C12H14N2O2/c1-7-4-5-9-11(8(7)2)12(16)14(3)6-10(15)13-9/h4-5H,6H2,1-3H3,(H,13,15). The number of nitrogens with zero attached hydrogens (tertiary/aromatic N) is 1. The Bertz CT molecular complexity index is 480. The minimum absolute atomic E-state index is 0.102. The third-order valence-corrected chi connectivity index (χ3v) is 2.95. The zero-order valence-electron chi connectivity index (χ0n) is 9.63. The summed E-state index contributed by atoms with van der Waals surface area (Å²) in [5.41, 5.74) is 3.20. The molecule has 0 unspecified atom stereocenters. The van der Waals surface area contributed by atoms with Crippen molar-refractivity contribution in [1.82, 2.24) is 4.90 Å². The molecule has 1 heterocycles. The SMILES string of the molecule is Cc1ccc2c(c1C)C(=O)N(C)CC(=O)N2. The van der Waals surface area contributed by atoms with Crippen molar-refractivity contribution in [3.8, 4) is 0 Å². The van der Waals surface area contributed by atoms with Crippen LogP contribution in [-0.4, -0.2) is 30.3 Å². The van der Waals surface area contributed by atoms with Crippen LogP contribution in [0.15, 0.2) is 12.1 Å². The lowest BCUT2D eigenvalue weighted by atomic mass is 10.0. The molecule has 16 heavy (non-hydrogen) atoms. The Labute approximate surface area is 94.2 Å². The summed E-state index contributed by atoms with van der Waals surface area (Å²) in [7, 11) is 1.64. The second-order valence-electron chi connectivity index (χ2n) is 4.14. The summed E-state index contributed by atoms with van der Waals surface area (Å²) in [6, 6.07) is 3.69. The predicted molar refractivity (Wildman–Crippen MR) is 61.5 cm³/mol. The summed E-state index contributed by atoms with van der Waals surface area (Å²) in [6.45, 7) is 3.96. The zero-order valence-corrected chi connectivity index (χ0v) is 9.63. The number of likely N-dealkylation sites (N-methyl/N-ethyl adjacent to an activating group) is 1. The molecule has 0 saturated carbocycles. The number of amides is 2. The molecule has 0 saturated heterocycles. The molecule has 0 spiro atoms. The number of nitrogens with one attached hydrogen (secondary N) is 1. The van der Waals surface area contributed by atoms with Crippen molar-refractivity contribution in [1.29, 1.82) is 0 Å². The van der Waals surface area contributed by atoms with Crippen molar-refractivity contribution in [2.45, 2.75) is 13.8 Å². The number of fused-ring (bicyclic) bond motifs is 1. The molecule has 84 valence electrons. The van der Waals surface area contributed by atoms with Gasteiger partial charge in [0.2, 0.25) is 5.91 Å². The summed E-state index contributed by atoms with van der Waals surface area (Å²) in [6.07, 6.45) is 0. The van der Waals surface area contributed by atoms with E-state index in [-0.39, 0.29) is 18.4 Å². The molecule has 1 aliphatic rings. The summed E-state index contributed by atoms with van der Waals surface area (Å²) in [4.78, 5) is 25.0. The fourth-order valence-electron chi connectivity index (χ4n) is 1.86. The Kier molecular flexibility index (Phi) is 2.42. The molecule has 1 aromatic carbocycles. The second kappa shape index (κ2) is 3.63. The van der Waals surface area contributed by atoms with Gasteiger partial charge in [-0.15, -0.1) is 0 Å². The molecule has 1 aromatic rings. The number of anilines is 1. The van der Waals surface area contributed by atoms with Crippen molar-refractivity contribution in [3.63, 3.8) is 0 Å². The number of carbonyl (C=O) groups is 2. The van der Waals surface area contributed by atoms with E-state index >= 15 is 0 Å². The molecule has 0 radical (unpaired) electrons. The van der Waals surface area contributed by atoms with E-state index in [0.29, 0.717) is 11.3 Å². The lowest BCUT2D eigenvalue weighted by molar-refractivity contribution is -0.116. The van der Waals surface area contributed by atoms with Crippen molar-refractivity contribution in [2.24, 2.45) is 0 Å². The van der Waals surface area contributed by atoms with Crippen LogP contribution in [0.25, 0.3) is 0 Å². The Morgan fingerprint density at radius 2 is 1.94 bits per heavy atom. The molecule has 0 fully saturated rings. The fraction of sp³-hybridized carbons (Fsp3) is 0.333. The van der Waals surface area contributed by atoms with E-state index in [0.717, 1.165) is 11.1 Å². The first kappa shape index (κ1) is 10.7. The third kappa shape index (κ3) is 1.56. The largest absolute Gasteiger partial charge is 0.332 e. The number of hydrogen-bond acceptors (Lipinski definition) is 2. The topological polar surface area (TPSA) is 49.4 Å². The van der Waals surface area contributed by atoms with Crippen LogP contribution >= 0.6 is 0 Å². The van der Waals surface area contributed by atoms with Crippen molar-refractivity contribution in [3.05, 3.63) is 28.8 Å². The monoisotopic (exact) mass is 218 g/mol. The number of hydrogen-bond donors (Lipinski definition) is 1. The van der Waals surface area contributed by atoms with Crippen LogP contribution in [-0.2, 0) is 4.79 Å². The average Bonchev–Trinajstić information content (AvgIpc) is 2.32. The first-order chi connectivity index (χ1) is 7.50. The van der Waals surface area contributed by atoms with Crippen LogP contribution in [0, 0.1) is 13.8 Å². The van der Waals surface area contributed by atoms with Gasteiger partial charge in [-0.1, -0.05) is 6.07 Å². The van der Waals surface area contributed by atoms with Crippen molar-refractivity contribution in [2.75, 3.05) is 18.9 Å². The Morgan fingerprint density at radius 1 is 1.25 bits per heavy atom. The van der Waals surface area contributed by atoms with E-state index in [1.54, 1.807) is 13.1 Å². The number of aryl methyl sites for hydroxylation is 1. The maximum absolute atomic E-state index is 12.1. The number of carbonyl (C=O) groups excluding carboxylic acids is 2. The molecular weight excluding hydrogens is 204 g/mol. The van der Waals surface area contributed by atoms with Crippen molar-refractivity contribution < 1.29 is 9.59 Å². The molecule has 2 rings (SSSR count). The van der Waals surface area contributed by atoms with Gasteiger partial charge < -0.3 is 10.2 Å². The third-order valence-electron chi connectivity index (χ3n) is 2.95. The number of benzene rings is 1. The average molecular weight is 218 g/mol. The van der Waals surface area contributed by atoms with Gasteiger partial charge in [0, 0.05) is 7.05 Å². The van der Waals surface area contributed by atoms with E-state index in [2.05, 4.69) is 5.32 Å². The highest BCUT2D eigenvalue weighted by Gasteiger charge is 2.25. The predicted octanol–water partition coefficient (Wildman–Crippen LogP) is 1.33. The number of rotatable bonds is 0. The maximum atomic E-state index is 12.1. The van der Waals surface area contributed by atoms with Crippen LogP contribution in [0.1, 0.15) is 21.5 Å². The summed E-state index contributed by atoms with van der Waals surface area (Å²) < 4.78 is 0. The fourth-order valence-corrected chi connectivity index (χ4v) is 1.86. The molecule has 0 atom stereocenters. The smallest absolute Gasteiger partial charge is 0.256 e. The molecule has 0 aromatic heterocycles. The van der Waals surface area contributed by atoms with Crippen LogP contribution in [0.3, 0.4) is 0 Å². The zero-order chi connectivity index (χ0) is 11.9. The van der Waals surface area contributed by atoms with Gasteiger partial charge in [-0.2, -0.15) is 0 Å². The van der Waals surface area contributed by atoms with E-state index < -0.39 is 0 Å². The van der Waals surface area contributed by atoms with Crippen LogP contribution in [0.2, 0.25) is 0 Å². The maximum Gasteiger partial charge on any atom is 0.256 e. The molecule has 4 nitrogen and oxygen atoms in total. The van der Waals surface area contributed by atoms with Crippen LogP contribution < -0.4 is 5.32 Å². The highest BCUT2D eigenvalue weighted by molar-refractivity contribution is 6.09. The minimum atomic E-state index is -0.155. The van der Waals surface area contributed by atoms with Gasteiger partial charge in [0.1, 0.15) is 0 Å². The first-order valence-electron chi connectivity index (χ1n) is 5.16. The molecule has 2 amide bonds. The Balaban J connectivity index is 2.65. The van der Waals surface area contributed by atoms with Gasteiger partial charge in [0.15, 0.2) is 0 Å². The molecule has 1 aliphatic heterocycles.